The molecule has 0 aliphatic heterocycles. The SMILES string of the molecule is C/C=C(\N=C(C)Br)C1(c2cccc(Br)n2)c2ccccc2-c2ccccc21.CC. The van der Waals surface area contributed by atoms with E-state index in [1.165, 1.54) is 22.3 Å². The lowest BCUT2D eigenvalue weighted by Gasteiger charge is -2.32. The summed E-state index contributed by atoms with van der Waals surface area (Å²) in [6.07, 6.45) is 2.09. The Morgan fingerprint density at radius 3 is 1.93 bits per heavy atom. The van der Waals surface area contributed by atoms with E-state index in [1.807, 2.05) is 39.8 Å². The van der Waals surface area contributed by atoms with Crippen LogP contribution in [0.5, 0.6) is 0 Å². The van der Waals surface area contributed by atoms with Crippen LogP contribution in [0.2, 0.25) is 0 Å². The molecule has 1 aliphatic rings. The minimum absolute atomic E-state index is 0.555. The zero-order chi connectivity index (χ0) is 21.0. The zero-order valence-corrected chi connectivity index (χ0v) is 20.3. The van der Waals surface area contributed by atoms with E-state index in [0.717, 1.165) is 20.6 Å². The lowest BCUT2D eigenvalue weighted by atomic mass is 9.72. The number of nitrogens with zero attached hydrogens (tertiary/aromatic N) is 2. The highest BCUT2D eigenvalue weighted by Crippen LogP contribution is 2.56. The van der Waals surface area contributed by atoms with Crippen molar-refractivity contribution in [1.29, 1.82) is 0 Å². The van der Waals surface area contributed by atoms with Gasteiger partial charge in [-0.1, -0.05) is 74.5 Å². The molecule has 1 aromatic heterocycles. The number of hydrogen-bond acceptors (Lipinski definition) is 2. The highest BCUT2D eigenvalue weighted by molar-refractivity contribution is 9.18. The van der Waals surface area contributed by atoms with Gasteiger partial charge in [0.2, 0.25) is 0 Å². The zero-order valence-electron chi connectivity index (χ0n) is 17.1. The highest BCUT2D eigenvalue weighted by atomic mass is 79.9. The average Bonchev–Trinajstić information content (AvgIpc) is 3.05. The lowest BCUT2D eigenvalue weighted by molar-refractivity contribution is 0.703. The van der Waals surface area contributed by atoms with Crippen LogP contribution in [-0.4, -0.2) is 9.60 Å². The number of allylic oxidation sites excluding steroid dienone is 2. The molecule has 0 atom stereocenters. The van der Waals surface area contributed by atoms with Crippen molar-refractivity contribution in [3.63, 3.8) is 0 Å². The quantitative estimate of drug-likeness (QED) is 0.259. The summed E-state index contributed by atoms with van der Waals surface area (Å²) in [7, 11) is 0. The van der Waals surface area contributed by atoms with Crippen molar-refractivity contribution in [1.82, 2.24) is 4.98 Å². The smallest absolute Gasteiger partial charge is 0.106 e. The van der Waals surface area contributed by atoms with Crippen molar-refractivity contribution in [2.45, 2.75) is 33.1 Å². The summed E-state index contributed by atoms with van der Waals surface area (Å²) in [5, 5.41) is 0. The van der Waals surface area contributed by atoms with Crippen LogP contribution in [0.25, 0.3) is 11.1 Å². The Kier molecular flexibility index (Phi) is 6.86. The second kappa shape index (κ2) is 9.19. The average molecular weight is 512 g/mol. The molecular formula is C25H24Br2N2. The van der Waals surface area contributed by atoms with Gasteiger partial charge in [0, 0.05) is 0 Å². The number of benzene rings is 2. The first-order valence-corrected chi connectivity index (χ1v) is 11.4. The minimum Gasteiger partial charge on any atom is -0.249 e. The molecule has 4 rings (SSSR count). The van der Waals surface area contributed by atoms with Crippen LogP contribution in [-0.2, 0) is 5.41 Å². The number of pyridine rings is 1. The molecule has 0 N–H and O–H groups in total. The second-order valence-electron chi connectivity index (χ2n) is 6.47. The fourth-order valence-electron chi connectivity index (χ4n) is 4.07. The number of fused-ring (bicyclic) bond motifs is 3. The first-order chi connectivity index (χ1) is 14.1. The molecule has 4 heteroatoms. The first-order valence-electron chi connectivity index (χ1n) is 9.79. The first kappa shape index (κ1) is 21.7. The number of halogens is 2. The molecule has 0 fully saturated rings. The van der Waals surface area contributed by atoms with E-state index >= 15 is 0 Å². The van der Waals surface area contributed by atoms with E-state index in [4.69, 9.17) is 9.98 Å². The third kappa shape index (κ3) is 3.64. The van der Waals surface area contributed by atoms with Gasteiger partial charge in [-0.15, -0.1) is 0 Å². The van der Waals surface area contributed by atoms with Crippen LogP contribution in [0.4, 0.5) is 0 Å². The van der Waals surface area contributed by atoms with Crippen LogP contribution in [0.15, 0.2) is 88.1 Å². The molecular weight excluding hydrogens is 488 g/mol. The van der Waals surface area contributed by atoms with Gasteiger partial charge in [0.1, 0.15) is 10.0 Å². The van der Waals surface area contributed by atoms with Gasteiger partial charge in [-0.25, -0.2) is 9.98 Å². The molecule has 0 saturated carbocycles. The molecule has 3 aromatic rings. The third-order valence-corrected chi connectivity index (χ3v) is 5.60. The van der Waals surface area contributed by atoms with E-state index in [2.05, 4.69) is 92.5 Å². The molecule has 29 heavy (non-hydrogen) atoms. The van der Waals surface area contributed by atoms with Gasteiger partial charge in [-0.3, -0.25) is 0 Å². The van der Waals surface area contributed by atoms with Gasteiger partial charge in [0.25, 0.3) is 0 Å². The van der Waals surface area contributed by atoms with Crippen LogP contribution in [0.3, 0.4) is 0 Å². The summed E-state index contributed by atoms with van der Waals surface area (Å²) < 4.78 is 1.66. The van der Waals surface area contributed by atoms with Crippen molar-refractivity contribution in [3.05, 3.63) is 99.9 Å². The summed E-state index contributed by atoms with van der Waals surface area (Å²) in [5.74, 6) is 0. The predicted octanol–water partition coefficient (Wildman–Crippen LogP) is 7.90. The largest absolute Gasteiger partial charge is 0.249 e. The maximum Gasteiger partial charge on any atom is 0.106 e. The molecule has 0 unspecified atom stereocenters. The lowest BCUT2D eigenvalue weighted by Crippen LogP contribution is -2.30. The summed E-state index contributed by atoms with van der Waals surface area (Å²) in [4.78, 5) is 9.79. The van der Waals surface area contributed by atoms with Crippen molar-refractivity contribution >= 4 is 36.5 Å². The Hall–Kier alpha value is -2.04. The van der Waals surface area contributed by atoms with Gasteiger partial charge < -0.3 is 0 Å². The Balaban J connectivity index is 0.00000117. The van der Waals surface area contributed by atoms with E-state index in [-0.39, 0.29) is 0 Å². The topological polar surface area (TPSA) is 25.2 Å². The Morgan fingerprint density at radius 1 is 0.897 bits per heavy atom. The highest BCUT2D eigenvalue weighted by Gasteiger charge is 2.48. The number of hydrogen-bond donors (Lipinski definition) is 0. The molecule has 0 spiro atoms. The molecule has 1 heterocycles. The Labute approximate surface area is 190 Å². The van der Waals surface area contributed by atoms with E-state index < -0.39 is 5.41 Å². The molecule has 2 nitrogen and oxygen atoms in total. The second-order valence-corrected chi connectivity index (χ2v) is 8.43. The van der Waals surface area contributed by atoms with Crippen LogP contribution < -0.4 is 0 Å². The van der Waals surface area contributed by atoms with Gasteiger partial charge in [0.15, 0.2) is 0 Å². The Bertz CT molecular complexity index is 1030. The van der Waals surface area contributed by atoms with Crippen LogP contribution in [0.1, 0.15) is 44.5 Å². The fourth-order valence-corrected chi connectivity index (χ4v) is 4.60. The molecule has 148 valence electrons. The number of aliphatic imine (C=N–C) groups is 1. The van der Waals surface area contributed by atoms with Crippen molar-refractivity contribution in [2.24, 2.45) is 4.99 Å². The Morgan fingerprint density at radius 2 is 1.45 bits per heavy atom. The summed E-state index contributed by atoms with van der Waals surface area (Å²) in [6, 6.07) is 23.2. The van der Waals surface area contributed by atoms with Crippen LogP contribution in [0, 0.1) is 0 Å². The minimum atomic E-state index is -0.555. The van der Waals surface area contributed by atoms with Crippen LogP contribution >= 0.6 is 31.9 Å². The van der Waals surface area contributed by atoms with Crippen molar-refractivity contribution < 1.29 is 0 Å². The summed E-state index contributed by atoms with van der Waals surface area (Å²) in [5.41, 5.74) is 6.25. The third-order valence-electron chi connectivity index (χ3n) is 4.98. The fraction of sp³-hybridized carbons (Fsp3) is 0.200. The molecule has 1 aliphatic carbocycles. The monoisotopic (exact) mass is 510 g/mol. The van der Waals surface area contributed by atoms with Gasteiger partial charge >= 0.3 is 0 Å². The molecule has 2 aromatic carbocycles. The predicted molar refractivity (Wildman–Crippen MR) is 131 cm³/mol. The standard InChI is InChI=1S/C23H18Br2N2.C2H6/c1-3-20(26-15(2)24)23(21-13-8-14-22(25)27-21)18-11-6-4-9-16(18)17-10-5-7-12-19(17)23;1-2/h3-14H,1-2H3;1-2H3/b20-3-,26-15?;. The van der Waals surface area contributed by atoms with Gasteiger partial charge in [-0.05, 0) is 80.1 Å². The maximum absolute atomic E-state index is 4.89. The molecule has 0 bridgehead atoms. The number of rotatable bonds is 3. The van der Waals surface area contributed by atoms with Gasteiger partial charge in [-0.2, -0.15) is 0 Å². The summed E-state index contributed by atoms with van der Waals surface area (Å²) >= 11 is 7.09. The summed E-state index contributed by atoms with van der Waals surface area (Å²) in [6.45, 7) is 8.00. The van der Waals surface area contributed by atoms with E-state index in [9.17, 15) is 0 Å². The van der Waals surface area contributed by atoms with E-state index in [0.29, 0.717) is 0 Å². The van der Waals surface area contributed by atoms with Crippen molar-refractivity contribution in [2.75, 3.05) is 0 Å². The van der Waals surface area contributed by atoms with Gasteiger partial charge in [0.05, 0.1) is 16.0 Å². The van der Waals surface area contributed by atoms with E-state index in [1.54, 1.807) is 0 Å². The molecule has 0 radical (unpaired) electrons. The molecule has 0 amide bonds. The molecule has 0 saturated heterocycles. The number of aromatic nitrogens is 1. The maximum atomic E-state index is 4.89. The normalized spacial score (nSPS) is 14.6. The van der Waals surface area contributed by atoms with Crippen molar-refractivity contribution in [3.8, 4) is 11.1 Å².